The number of hydrogen-bond donors (Lipinski definition) is 3. The SMILES string of the molecule is O=C1NCCN1CCNc1nc(-c2ccccc2)nc2c1CCNC2. The first-order valence-electron chi connectivity index (χ1n) is 8.74. The minimum atomic E-state index is 0.0145. The van der Waals surface area contributed by atoms with Gasteiger partial charge in [0.2, 0.25) is 0 Å². The Balaban J connectivity index is 1.56. The molecule has 1 saturated heterocycles. The molecular formula is C18H22N6O. The van der Waals surface area contributed by atoms with Gasteiger partial charge in [-0.15, -0.1) is 0 Å². The van der Waals surface area contributed by atoms with E-state index in [4.69, 9.17) is 9.97 Å². The van der Waals surface area contributed by atoms with E-state index in [0.717, 1.165) is 55.5 Å². The van der Waals surface area contributed by atoms with Crippen molar-refractivity contribution in [3.8, 4) is 11.4 Å². The van der Waals surface area contributed by atoms with Crippen molar-refractivity contribution in [2.24, 2.45) is 0 Å². The first-order chi connectivity index (χ1) is 12.3. The number of fused-ring (bicyclic) bond motifs is 1. The second-order valence-corrected chi connectivity index (χ2v) is 6.26. The van der Waals surface area contributed by atoms with Crippen LogP contribution in [0.2, 0.25) is 0 Å². The van der Waals surface area contributed by atoms with E-state index in [1.165, 1.54) is 5.56 Å². The Morgan fingerprint density at radius 2 is 2.04 bits per heavy atom. The third-order valence-electron chi connectivity index (χ3n) is 4.59. The molecule has 0 unspecified atom stereocenters. The van der Waals surface area contributed by atoms with Crippen LogP contribution in [-0.4, -0.2) is 53.6 Å². The van der Waals surface area contributed by atoms with Gasteiger partial charge in [-0.3, -0.25) is 0 Å². The highest BCUT2D eigenvalue weighted by Gasteiger charge is 2.20. The fraction of sp³-hybridized carbons (Fsp3) is 0.389. The van der Waals surface area contributed by atoms with E-state index >= 15 is 0 Å². The summed E-state index contributed by atoms with van der Waals surface area (Å²) in [7, 11) is 0. The Bertz CT molecular complexity index is 764. The van der Waals surface area contributed by atoms with Gasteiger partial charge in [0.25, 0.3) is 0 Å². The highest BCUT2D eigenvalue weighted by Crippen LogP contribution is 2.24. The predicted octanol–water partition coefficient (Wildman–Crippen LogP) is 1.23. The van der Waals surface area contributed by atoms with Crippen LogP contribution in [0.1, 0.15) is 11.3 Å². The van der Waals surface area contributed by atoms with Crippen LogP contribution in [0.3, 0.4) is 0 Å². The molecule has 7 heteroatoms. The number of aromatic nitrogens is 2. The molecule has 3 heterocycles. The first-order valence-corrected chi connectivity index (χ1v) is 8.74. The maximum atomic E-state index is 11.6. The zero-order chi connectivity index (χ0) is 17.1. The van der Waals surface area contributed by atoms with Crippen LogP contribution in [0.25, 0.3) is 11.4 Å². The van der Waals surface area contributed by atoms with Gasteiger partial charge in [-0.2, -0.15) is 0 Å². The molecule has 4 rings (SSSR count). The molecule has 2 amide bonds. The number of rotatable bonds is 5. The van der Waals surface area contributed by atoms with E-state index in [9.17, 15) is 4.79 Å². The van der Waals surface area contributed by atoms with Crippen molar-refractivity contribution >= 4 is 11.8 Å². The van der Waals surface area contributed by atoms with Crippen LogP contribution in [0, 0.1) is 0 Å². The number of hydrogen-bond acceptors (Lipinski definition) is 5. The Labute approximate surface area is 146 Å². The minimum absolute atomic E-state index is 0.0145. The molecular weight excluding hydrogens is 316 g/mol. The maximum Gasteiger partial charge on any atom is 0.317 e. The van der Waals surface area contributed by atoms with Gasteiger partial charge >= 0.3 is 6.03 Å². The third kappa shape index (κ3) is 3.41. The molecule has 2 aromatic rings. The monoisotopic (exact) mass is 338 g/mol. The molecule has 3 N–H and O–H groups in total. The zero-order valence-electron chi connectivity index (χ0n) is 14.1. The summed E-state index contributed by atoms with van der Waals surface area (Å²) < 4.78 is 0. The summed E-state index contributed by atoms with van der Waals surface area (Å²) in [6.45, 7) is 4.54. The van der Waals surface area contributed by atoms with Crippen LogP contribution in [0.4, 0.5) is 10.6 Å². The molecule has 0 spiro atoms. The van der Waals surface area contributed by atoms with Crippen LogP contribution in [-0.2, 0) is 13.0 Å². The molecule has 7 nitrogen and oxygen atoms in total. The Kier molecular flexibility index (Phi) is 4.47. The van der Waals surface area contributed by atoms with Crippen molar-refractivity contribution in [1.29, 1.82) is 0 Å². The molecule has 0 saturated carbocycles. The van der Waals surface area contributed by atoms with Gasteiger partial charge in [0.15, 0.2) is 5.82 Å². The number of amides is 2. The number of carbonyl (C=O) groups excluding carboxylic acids is 1. The normalized spacial score (nSPS) is 16.5. The molecule has 25 heavy (non-hydrogen) atoms. The van der Waals surface area contributed by atoms with Gasteiger partial charge in [0.1, 0.15) is 5.82 Å². The van der Waals surface area contributed by atoms with Gasteiger partial charge in [-0.25, -0.2) is 14.8 Å². The van der Waals surface area contributed by atoms with Crippen LogP contribution < -0.4 is 16.0 Å². The van der Waals surface area contributed by atoms with Gasteiger partial charge in [-0.05, 0) is 13.0 Å². The maximum absolute atomic E-state index is 11.6. The molecule has 1 fully saturated rings. The molecule has 0 atom stereocenters. The summed E-state index contributed by atoms with van der Waals surface area (Å²) in [4.78, 5) is 23.0. The number of nitrogens with one attached hydrogen (secondary N) is 3. The minimum Gasteiger partial charge on any atom is -0.368 e. The van der Waals surface area contributed by atoms with Crippen molar-refractivity contribution in [3.05, 3.63) is 41.6 Å². The number of anilines is 1. The highest BCUT2D eigenvalue weighted by molar-refractivity contribution is 5.76. The Morgan fingerprint density at radius 3 is 2.84 bits per heavy atom. The van der Waals surface area contributed by atoms with Crippen molar-refractivity contribution in [2.75, 3.05) is 38.0 Å². The van der Waals surface area contributed by atoms with Gasteiger partial charge in [-0.1, -0.05) is 30.3 Å². The smallest absolute Gasteiger partial charge is 0.317 e. The predicted molar refractivity (Wildman–Crippen MR) is 96.3 cm³/mol. The molecule has 0 aliphatic carbocycles. The number of carbonyl (C=O) groups is 1. The highest BCUT2D eigenvalue weighted by atomic mass is 16.2. The first kappa shape index (κ1) is 15.8. The van der Waals surface area contributed by atoms with Gasteiger partial charge in [0.05, 0.1) is 5.69 Å². The number of nitrogens with zero attached hydrogens (tertiary/aromatic N) is 3. The second kappa shape index (κ2) is 7.06. The lowest BCUT2D eigenvalue weighted by Gasteiger charge is -2.21. The average molecular weight is 338 g/mol. The summed E-state index contributed by atoms with van der Waals surface area (Å²) in [6.07, 6.45) is 0.914. The fourth-order valence-corrected chi connectivity index (χ4v) is 3.26. The average Bonchev–Trinajstić information content (AvgIpc) is 3.07. The van der Waals surface area contributed by atoms with Crippen LogP contribution in [0.5, 0.6) is 0 Å². The molecule has 1 aromatic heterocycles. The van der Waals surface area contributed by atoms with E-state index in [-0.39, 0.29) is 6.03 Å². The molecule has 2 aliphatic heterocycles. The quantitative estimate of drug-likeness (QED) is 0.764. The van der Waals surface area contributed by atoms with Crippen LogP contribution in [0.15, 0.2) is 30.3 Å². The standard InChI is InChI=1S/C18H22N6O/c25-18-21-9-11-24(18)10-8-20-17-14-6-7-19-12-15(14)22-16(23-17)13-4-2-1-3-5-13/h1-5,19H,6-12H2,(H,21,25)(H,20,22,23). The Morgan fingerprint density at radius 1 is 1.16 bits per heavy atom. The van der Waals surface area contributed by atoms with Crippen molar-refractivity contribution < 1.29 is 4.79 Å². The van der Waals surface area contributed by atoms with Crippen molar-refractivity contribution in [1.82, 2.24) is 25.5 Å². The van der Waals surface area contributed by atoms with E-state index in [1.54, 1.807) is 0 Å². The summed E-state index contributed by atoms with van der Waals surface area (Å²) in [5.74, 6) is 1.63. The summed E-state index contributed by atoms with van der Waals surface area (Å²) in [6, 6.07) is 10.0. The van der Waals surface area contributed by atoms with E-state index < -0.39 is 0 Å². The molecule has 0 bridgehead atoms. The van der Waals surface area contributed by atoms with E-state index in [0.29, 0.717) is 13.1 Å². The topological polar surface area (TPSA) is 82.2 Å². The summed E-state index contributed by atoms with van der Waals surface area (Å²) >= 11 is 0. The molecule has 1 aromatic carbocycles. The lowest BCUT2D eigenvalue weighted by atomic mass is 10.1. The lowest BCUT2D eigenvalue weighted by molar-refractivity contribution is 0.219. The van der Waals surface area contributed by atoms with E-state index in [2.05, 4.69) is 16.0 Å². The van der Waals surface area contributed by atoms with Gasteiger partial charge in [0, 0.05) is 43.9 Å². The molecule has 2 aliphatic rings. The molecule has 0 radical (unpaired) electrons. The summed E-state index contributed by atoms with van der Waals surface area (Å²) in [5, 5.41) is 9.63. The number of urea groups is 1. The third-order valence-corrected chi connectivity index (χ3v) is 4.59. The zero-order valence-corrected chi connectivity index (χ0v) is 14.1. The van der Waals surface area contributed by atoms with Crippen molar-refractivity contribution in [2.45, 2.75) is 13.0 Å². The van der Waals surface area contributed by atoms with Crippen molar-refractivity contribution in [3.63, 3.8) is 0 Å². The Hall–Kier alpha value is -2.67. The molecule has 130 valence electrons. The lowest BCUT2D eigenvalue weighted by Crippen LogP contribution is -2.33. The fourth-order valence-electron chi connectivity index (χ4n) is 3.26. The largest absolute Gasteiger partial charge is 0.368 e. The number of benzene rings is 1. The van der Waals surface area contributed by atoms with E-state index in [1.807, 2.05) is 35.2 Å². The summed E-state index contributed by atoms with van der Waals surface area (Å²) in [5.41, 5.74) is 3.25. The van der Waals surface area contributed by atoms with Crippen LogP contribution >= 0.6 is 0 Å². The van der Waals surface area contributed by atoms with Gasteiger partial charge < -0.3 is 20.9 Å². The second-order valence-electron chi connectivity index (χ2n) is 6.26.